The number of ether oxygens (including phenoxy) is 2. The van der Waals surface area contributed by atoms with Gasteiger partial charge in [0, 0.05) is 28.1 Å². The highest BCUT2D eigenvalue weighted by atomic mass is 35.5. The Morgan fingerprint density at radius 1 is 1.06 bits per heavy atom. The van der Waals surface area contributed by atoms with Crippen LogP contribution in [-0.2, 0) is 25.1 Å². The minimum atomic E-state index is -3.83. The third-order valence-corrected chi connectivity index (χ3v) is 9.64. The number of fused-ring (bicyclic) bond motifs is 1. The molecule has 180 valence electrons. The van der Waals surface area contributed by atoms with Crippen LogP contribution in [0.4, 0.5) is 0 Å². The average molecular weight is 520 g/mol. The molecule has 1 aliphatic heterocycles. The van der Waals surface area contributed by atoms with Gasteiger partial charge >= 0.3 is 0 Å². The first kappa shape index (κ1) is 23.9. The molecule has 1 aliphatic carbocycles. The first-order valence-electron chi connectivity index (χ1n) is 11.3. The summed E-state index contributed by atoms with van der Waals surface area (Å²) in [6.45, 7) is 1.11. The van der Waals surface area contributed by atoms with Crippen molar-refractivity contribution in [2.24, 2.45) is 0 Å². The van der Waals surface area contributed by atoms with E-state index >= 15 is 0 Å². The maximum Gasteiger partial charge on any atom is 0.267 e. The second-order valence-electron chi connectivity index (χ2n) is 8.57. The molecule has 34 heavy (non-hydrogen) atoms. The quantitative estimate of drug-likeness (QED) is 0.453. The molecule has 2 aliphatic rings. The lowest BCUT2D eigenvalue weighted by atomic mass is 9.79. The minimum Gasteiger partial charge on any atom is -0.385 e. The summed E-state index contributed by atoms with van der Waals surface area (Å²) >= 11 is 7.64. The lowest BCUT2D eigenvalue weighted by Crippen LogP contribution is -2.33. The summed E-state index contributed by atoms with van der Waals surface area (Å²) in [7, 11) is -3.83. The molecule has 0 amide bonds. The second kappa shape index (κ2) is 9.68. The van der Waals surface area contributed by atoms with E-state index in [-0.39, 0.29) is 16.4 Å². The summed E-state index contributed by atoms with van der Waals surface area (Å²) in [5.74, 6) is 0. The van der Waals surface area contributed by atoms with Gasteiger partial charge in [0.2, 0.25) is 0 Å². The molecular formula is C25H26ClNO5S2. The van der Waals surface area contributed by atoms with Crippen LogP contribution in [0.3, 0.4) is 0 Å². The fraction of sp³-hybridized carbons (Fsp3) is 0.360. The van der Waals surface area contributed by atoms with E-state index in [0.717, 1.165) is 4.90 Å². The first-order valence-corrected chi connectivity index (χ1v) is 14.0. The Hall–Kier alpha value is -1.81. The molecule has 1 aromatic heterocycles. The zero-order chi connectivity index (χ0) is 23.8. The molecule has 0 spiro atoms. The van der Waals surface area contributed by atoms with Crippen molar-refractivity contribution in [2.45, 2.75) is 52.6 Å². The van der Waals surface area contributed by atoms with Gasteiger partial charge in [0.1, 0.15) is 0 Å². The Morgan fingerprint density at radius 2 is 1.76 bits per heavy atom. The van der Waals surface area contributed by atoms with Crippen molar-refractivity contribution in [3.8, 4) is 0 Å². The van der Waals surface area contributed by atoms with Crippen LogP contribution in [0.15, 0.2) is 76.7 Å². The Kier molecular flexibility index (Phi) is 6.81. The molecule has 0 bridgehead atoms. The van der Waals surface area contributed by atoms with Gasteiger partial charge in [0.05, 0.1) is 34.7 Å². The van der Waals surface area contributed by atoms with Crippen molar-refractivity contribution in [3.05, 3.63) is 83.1 Å². The molecule has 2 atom stereocenters. The maximum atomic E-state index is 13.6. The van der Waals surface area contributed by atoms with Crippen LogP contribution in [0.1, 0.15) is 42.2 Å². The van der Waals surface area contributed by atoms with E-state index in [0.29, 0.717) is 55.2 Å². The topological polar surface area (TPSA) is 77.8 Å². The standard InChI is InChI=1S/C25H26ClNO5S2/c26-18-6-8-19(9-7-18)33-22-10-13-25(28,14-11-23-31-16-17-32-23)21-12-15-27(24(21)22)34(29,30)20-4-2-1-3-5-20/h1-9,12,15,22-23,28H,10-11,13-14,16-17H2. The van der Waals surface area contributed by atoms with Crippen molar-refractivity contribution < 1.29 is 23.0 Å². The average Bonchev–Trinajstić information content (AvgIpc) is 3.53. The largest absolute Gasteiger partial charge is 0.385 e. The molecule has 3 aromatic rings. The zero-order valence-corrected chi connectivity index (χ0v) is 20.9. The molecule has 2 heterocycles. The van der Waals surface area contributed by atoms with Crippen LogP contribution in [0.2, 0.25) is 5.02 Å². The molecule has 2 unspecified atom stereocenters. The maximum absolute atomic E-state index is 13.6. The smallest absolute Gasteiger partial charge is 0.267 e. The molecule has 1 saturated heterocycles. The number of aliphatic hydroxyl groups is 1. The number of aromatic nitrogens is 1. The van der Waals surface area contributed by atoms with Gasteiger partial charge < -0.3 is 14.6 Å². The highest BCUT2D eigenvalue weighted by Crippen LogP contribution is 2.51. The van der Waals surface area contributed by atoms with Crippen molar-refractivity contribution in [3.63, 3.8) is 0 Å². The van der Waals surface area contributed by atoms with E-state index in [1.165, 1.54) is 3.97 Å². The van der Waals surface area contributed by atoms with Gasteiger partial charge in [-0.1, -0.05) is 29.8 Å². The predicted octanol–water partition coefficient (Wildman–Crippen LogP) is 5.35. The Morgan fingerprint density at radius 3 is 2.47 bits per heavy atom. The Bertz CT molecular complexity index is 1240. The highest BCUT2D eigenvalue weighted by molar-refractivity contribution is 7.99. The van der Waals surface area contributed by atoms with Gasteiger partial charge in [-0.25, -0.2) is 12.4 Å². The number of thioether (sulfide) groups is 1. The fourth-order valence-corrected chi connectivity index (χ4v) is 7.51. The number of benzene rings is 2. The van der Waals surface area contributed by atoms with Crippen LogP contribution in [-0.4, -0.2) is 37.0 Å². The molecule has 1 N–H and O–H groups in total. The van der Waals surface area contributed by atoms with E-state index in [1.807, 2.05) is 24.3 Å². The number of nitrogens with zero attached hydrogens (tertiary/aromatic N) is 1. The van der Waals surface area contributed by atoms with Gasteiger partial charge in [-0.05, 0) is 61.7 Å². The van der Waals surface area contributed by atoms with Gasteiger partial charge in [0.25, 0.3) is 10.0 Å². The summed E-state index contributed by atoms with van der Waals surface area (Å²) < 4.78 is 39.7. The summed E-state index contributed by atoms with van der Waals surface area (Å²) in [6, 6.07) is 17.6. The van der Waals surface area contributed by atoms with Crippen molar-refractivity contribution in [2.75, 3.05) is 13.2 Å². The molecule has 9 heteroatoms. The van der Waals surface area contributed by atoms with Crippen LogP contribution < -0.4 is 0 Å². The van der Waals surface area contributed by atoms with Crippen LogP contribution in [0.25, 0.3) is 0 Å². The number of hydrogen-bond donors (Lipinski definition) is 1. The molecule has 5 rings (SSSR count). The molecular weight excluding hydrogens is 494 g/mol. The lowest BCUT2D eigenvalue weighted by molar-refractivity contribution is -0.0724. The minimum absolute atomic E-state index is 0.149. The van der Waals surface area contributed by atoms with Gasteiger partial charge in [0.15, 0.2) is 6.29 Å². The van der Waals surface area contributed by atoms with E-state index in [4.69, 9.17) is 21.1 Å². The normalized spacial score (nSPS) is 23.2. The Labute approximate surface area is 208 Å². The molecule has 2 aromatic carbocycles. The summed E-state index contributed by atoms with van der Waals surface area (Å²) in [5, 5.41) is 12.2. The lowest BCUT2D eigenvalue weighted by Gasteiger charge is -2.37. The van der Waals surface area contributed by atoms with Gasteiger partial charge in [-0.2, -0.15) is 0 Å². The fourth-order valence-electron chi connectivity index (χ4n) is 4.67. The van der Waals surface area contributed by atoms with Gasteiger partial charge in [-0.15, -0.1) is 11.8 Å². The van der Waals surface area contributed by atoms with Crippen molar-refractivity contribution >= 4 is 33.4 Å². The summed E-state index contributed by atoms with van der Waals surface area (Å²) in [4.78, 5) is 1.20. The third-order valence-electron chi connectivity index (χ3n) is 6.39. The van der Waals surface area contributed by atoms with Crippen LogP contribution >= 0.6 is 23.4 Å². The monoisotopic (exact) mass is 519 g/mol. The zero-order valence-electron chi connectivity index (χ0n) is 18.5. The SMILES string of the molecule is O=S(=O)(c1ccccc1)n1ccc2c1C(Sc1ccc(Cl)cc1)CCC2(O)CCC1OCCO1. The molecule has 1 fully saturated rings. The predicted molar refractivity (Wildman–Crippen MR) is 132 cm³/mol. The molecule has 0 radical (unpaired) electrons. The number of rotatable bonds is 7. The van der Waals surface area contributed by atoms with Crippen LogP contribution in [0, 0.1) is 0 Å². The van der Waals surface area contributed by atoms with Crippen molar-refractivity contribution in [1.82, 2.24) is 3.97 Å². The summed E-state index contributed by atoms with van der Waals surface area (Å²) in [5.41, 5.74) is 0.118. The third kappa shape index (κ3) is 4.67. The van der Waals surface area contributed by atoms with E-state index in [9.17, 15) is 13.5 Å². The number of hydrogen-bond acceptors (Lipinski definition) is 6. The number of halogens is 1. The molecule has 6 nitrogen and oxygen atoms in total. The Balaban J connectivity index is 1.54. The van der Waals surface area contributed by atoms with E-state index < -0.39 is 15.6 Å². The van der Waals surface area contributed by atoms with E-state index in [2.05, 4.69) is 0 Å². The van der Waals surface area contributed by atoms with Crippen molar-refractivity contribution in [1.29, 1.82) is 0 Å². The first-order chi connectivity index (χ1) is 16.4. The van der Waals surface area contributed by atoms with E-state index in [1.54, 1.807) is 54.4 Å². The second-order valence-corrected chi connectivity index (χ2v) is 12.1. The molecule has 0 saturated carbocycles. The summed E-state index contributed by atoms with van der Waals surface area (Å²) in [6.07, 6.45) is 3.36. The van der Waals surface area contributed by atoms with Gasteiger partial charge in [-0.3, -0.25) is 0 Å². The highest BCUT2D eigenvalue weighted by Gasteiger charge is 2.43. The van der Waals surface area contributed by atoms with Crippen LogP contribution in [0.5, 0.6) is 0 Å².